The summed E-state index contributed by atoms with van der Waals surface area (Å²) in [6.45, 7) is 2.39. The average molecular weight is 397 g/mol. The topological polar surface area (TPSA) is 75.2 Å². The molecule has 0 unspecified atom stereocenters. The van der Waals surface area contributed by atoms with E-state index in [-0.39, 0.29) is 5.25 Å². The molecule has 0 radical (unpaired) electrons. The van der Waals surface area contributed by atoms with Crippen LogP contribution in [0.2, 0.25) is 0 Å². The van der Waals surface area contributed by atoms with Gasteiger partial charge in [0.2, 0.25) is 0 Å². The maximum atomic E-state index is 11.7. The standard InChI is InChI=1S/C21H24N4O2S/c1-28(26,27)19-7-10-25(11-8-19)15-16-6-9-22-20(12-16)24-21-13-17-4-2-3-5-18(17)14-23-21/h2-6,9,12-14,19H,7-8,10-11,15H2,1H3,(H,22,23,24). The van der Waals surface area contributed by atoms with Gasteiger partial charge in [0.25, 0.3) is 0 Å². The van der Waals surface area contributed by atoms with Gasteiger partial charge in [0.15, 0.2) is 0 Å². The molecule has 1 saturated heterocycles. The fraction of sp³-hybridized carbons (Fsp3) is 0.333. The molecular weight excluding hydrogens is 372 g/mol. The molecule has 0 spiro atoms. The van der Waals surface area contributed by atoms with Gasteiger partial charge in [-0.05, 0) is 55.1 Å². The summed E-state index contributed by atoms with van der Waals surface area (Å²) in [5.41, 5.74) is 1.15. The van der Waals surface area contributed by atoms with E-state index in [1.54, 1.807) is 6.20 Å². The first-order valence-corrected chi connectivity index (χ1v) is 11.4. The lowest BCUT2D eigenvalue weighted by Crippen LogP contribution is -2.38. The highest BCUT2D eigenvalue weighted by atomic mass is 32.2. The Kier molecular flexibility index (Phi) is 5.28. The molecule has 0 aliphatic carbocycles. The second-order valence-corrected chi connectivity index (χ2v) is 9.72. The lowest BCUT2D eigenvalue weighted by Gasteiger charge is -2.31. The monoisotopic (exact) mass is 396 g/mol. The molecule has 6 nitrogen and oxygen atoms in total. The van der Waals surface area contributed by atoms with Crippen molar-refractivity contribution in [3.8, 4) is 0 Å². The summed E-state index contributed by atoms with van der Waals surface area (Å²) in [5.74, 6) is 1.52. The fourth-order valence-corrected chi connectivity index (χ4v) is 4.74. The number of piperidine rings is 1. The van der Waals surface area contributed by atoms with Crippen molar-refractivity contribution in [2.45, 2.75) is 24.6 Å². The van der Waals surface area contributed by atoms with Gasteiger partial charge in [-0.1, -0.05) is 24.3 Å². The Morgan fingerprint density at radius 2 is 1.75 bits per heavy atom. The van der Waals surface area contributed by atoms with Crippen molar-refractivity contribution in [1.82, 2.24) is 14.9 Å². The lowest BCUT2D eigenvalue weighted by atomic mass is 10.1. The van der Waals surface area contributed by atoms with Crippen LogP contribution in [-0.2, 0) is 16.4 Å². The molecule has 1 aromatic carbocycles. The van der Waals surface area contributed by atoms with Gasteiger partial charge in [-0.15, -0.1) is 0 Å². The Morgan fingerprint density at radius 1 is 1.04 bits per heavy atom. The molecule has 1 N–H and O–H groups in total. The Balaban J connectivity index is 1.41. The molecule has 1 aliphatic rings. The number of likely N-dealkylation sites (tertiary alicyclic amines) is 1. The predicted molar refractivity (Wildman–Crippen MR) is 112 cm³/mol. The van der Waals surface area contributed by atoms with Crippen LogP contribution in [0.5, 0.6) is 0 Å². The first-order valence-electron chi connectivity index (χ1n) is 9.45. The summed E-state index contributed by atoms with van der Waals surface area (Å²) >= 11 is 0. The van der Waals surface area contributed by atoms with Gasteiger partial charge in [0, 0.05) is 30.6 Å². The minimum atomic E-state index is -2.93. The van der Waals surface area contributed by atoms with Crippen LogP contribution in [0, 0.1) is 0 Å². The molecule has 0 saturated carbocycles. The van der Waals surface area contributed by atoms with Crippen LogP contribution in [0.25, 0.3) is 10.8 Å². The molecule has 0 amide bonds. The van der Waals surface area contributed by atoms with Crippen molar-refractivity contribution in [3.05, 3.63) is 60.4 Å². The molecule has 0 atom stereocenters. The van der Waals surface area contributed by atoms with Crippen molar-refractivity contribution >= 4 is 32.2 Å². The summed E-state index contributed by atoms with van der Waals surface area (Å²) < 4.78 is 23.4. The second kappa shape index (κ2) is 7.85. The Hall–Kier alpha value is -2.51. The number of hydrogen-bond donors (Lipinski definition) is 1. The van der Waals surface area contributed by atoms with Crippen molar-refractivity contribution in [2.75, 3.05) is 24.7 Å². The van der Waals surface area contributed by atoms with Crippen molar-refractivity contribution < 1.29 is 8.42 Å². The molecule has 0 bridgehead atoms. The first kappa shape index (κ1) is 18.8. The molecule has 3 aromatic rings. The van der Waals surface area contributed by atoms with Crippen LogP contribution < -0.4 is 5.32 Å². The van der Waals surface area contributed by atoms with Crippen molar-refractivity contribution in [1.29, 1.82) is 0 Å². The highest BCUT2D eigenvalue weighted by Crippen LogP contribution is 2.21. The van der Waals surface area contributed by atoms with E-state index in [0.29, 0.717) is 12.8 Å². The Bertz CT molecular complexity index is 1080. The first-order chi connectivity index (χ1) is 13.5. The fourth-order valence-electron chi connectivity index (χ4n) is 3.68. The predicted octanol–water partition coefficient (Wildman–Crippen LogP) is 3.38. The maximum absolute atomic E-state index is 11.7. The molecule has 3 heterocycles. The third kappa shape index (κ3) is 4.48. The zero-order valence-corrected chi connectivity index (χ0v) is 16.7. The third-order valence-electron chi connectivity index (χ3n) is 5.26. The van der Waals surface area contributed by atoms with Gasteiger partial charge < -0.3 is 5.32 Å². The molecule has 146 valence electrons. The molecule has 2 aromatic heterocycles. The van der Waals surface area contributed by atoms with E-state index in [1.165, 1.54) is 6.26 Å². The number of hydrogen-bond acceptors (Lipinski definition) is 6. The molecule has 1 aliphatic heterocycles. The normalized spacial score (nSPS) is 16.3. The van der Waals surface area contributed by atoms with Gasteiger partial charge in [-0.2, -0.15) is 0 Å². The average Bonchev–Trinajstić information content (AvgIpc) is 2.68. The number of pyridine rings is 2. The number of rotatable bonds is 5. The van der Waals surface area contributed by atoms with Crippen molar-refractivity contribution in [2.24, 2.45) is 0 Å². The number of fused-ring (bicyclic) bond motifs is 1. The smallest absolute Gasteiger partial charge is 0.150 e. The minimum Gasteiger partial charge on any atom is -0.325 e. The van der Waals surface area contributed by atoms with E-state index in [9.17, 15) is 8.42 Å². The van der Waals surface area contributed by atoms with Crippen LogP contribution in [0.1, 0.15) is 18.4 Å². The Labute approximate surface area is 165 Å². The number of nitrogens with one attached hydrogen (secondary N) is 1. The summed E-state index contributed by atoms with van der Waals surface area (Å²) in [5, 5.41) is 5.32. The van der Waals surface area contributed by atoms with Crippen LogP contribution in [0.4, 0.5) is 11.6 Å². The summed E-state index contributed by atoms with van der Waals surface area (Å²) in [6.07, 6.45) is 6.40. The number of aromatic nitrogens is 2. The highest BCUT2D eigenvalue weighted by Gasteiger charge is 2.26. The molecule has 7 heteroatoms. The van der Waals surface area contributed by atoms with Gasteiger partial charge >= 0.3 is 0 Å². The largest absolute Gasteiger partial charge is 0.325 e. The van der Waals surface area contributed by atoms with Gasteiger partial charge in [-0.3, -0.25) is 4.90 Å². The second-order valence-electron chi connectivity index (χ2n) is 7.40. The van der Waals surface area contributed by atoms with E-state index in [2.05, 4.69) is 26.3 Å². The zero-order valence-electron chi connectivity index (χ0n) is 15.9. The van der Waals surface area contributed by atoms with E-state index < -0.39 is 9.84 Å². The number of benzene rings is 1. The molecule has 28 heavy (non-hydrogen) atoms. The van der Waals surface area contributed by atoms with Crippen LogP contribution in [-0.4, -0.2) is 47.9 Å². The summed E-state index contributed by atoms with van der Waals surface area (Å²) in [4.78, 5) is 11.2. The Morgan fingerprint density at radius 3 is 2.50 bits per heavy atom. The third-order valence-corrected chi connectivity index (χ3v) is 6.94. The van der Waals surface area contributed by atoms with Crippen LogP contribution >= 0.6 is 0 Å². The summed E-state index contributed by atoms with van der Waals surface area (Å²) in [7, 11) is -2.93. The van der Waals surface area contributed by atoms with E-state index in [0.717, 1.165) is 47.6 Å². The minimum absolute atomic E-state index is 0.197. The highest BCUT2D eigenvalue weighted by molar-refractivity contribution is 7.91. The van der Waals surface area contributed by atoms with Crippen molar-refractivity contribution in [3.63, 3.8) is 0 Å². The molecule has 4 rings (SSSR count). The van der Waals surface area contributed by atoms with Crippen LogP contribution in [0.3, 0.4) is 0 Å². The maximum Gasteiger partial charge on any atom is 0.150 e. The molecule has 1 fully saturated rings. The lowest BCUT2D eigenvalue weighted by molar-refractivity contribution is 0.222. The van der Waals surface area contributed by atoms with Gasteiger partial charge in [0.1, 0.15) is 21.5 Å². The summed E-state index contributed by atoms with van der Waals surface area (Å²) in [6, 6.07) is 14.2. The van der Waals surface area contributed by atoms with E-state index >= 15 is 0 Å². The SMILES string of the molecule is CS(=O)(=O)C1CCN(Cc2ccnc(Nc3cc4ccccc4cn3)c2)CC1. The number of nitrogens with zero attached hydrogens (tertiary/aromatic N) is 3. The van der Waals surface area contributed by atoms with E-state index in [4.69, 9.17) is 0 Å². The van der Waals surface area contributed by atoms with E-state index in [1.807, 2.05) is 42.6 Å². The van der Waals surface area contributed by atoms with Crippen LogP contribution in [0.15, 0.2) is 54.9 Å². The van der Waals surface area contributed by atoms with Gasteiger partial charge in [-0.25, -0.2) is 18.4 Å². The number of anilines is 2. The zero-order chi connectivity index (χ0) is 19.6. The molecular formula is C21H24N4O2S. The van der Waals surface area contributed by atoms with Gasteiger partial charge in [0.05, 0.1) is 5.25 Å². The number of sulfone groups is 1. The quantitative estimate of drug-likeness (QED) is 0.713.